The van der Waals surface area contributed by atoms with Crippen molar-refractivity contribution in [1.82, 2.24) is 24.9 Å². The zero-order valence-corrected chi connectivity index (χ0v) is 14.4. The molecule has 2 rings (SSSR count). The number of carbonyl (C=O) groups is 1. The third-order valence-corrected chi connectivity index (χ3v) is 3.72. The van der Waals surface area contributed by atoms with Crippen LogP contribution in [-0.2, 0) is 11.3 Å². The Morgan fingerprint density at radius 3 is 2.54 bits per heavy atom. The van der Waals surface area contributed by atoms with Crippen LogP contribution in [0.15, 0.2) is 23.0 Å². The molecule has 0 spiro atoms. The zero-order chi connectivity index (χ0) is 17.9. The molecular weight excluding hydrogens is 310 g/mol. The van der Waals surface area contributed by atoms with Gasteiger partial charge in [0.25, 0.3) is 5.56 Å². The number of aliphatic hydroxyl groups is 1. The van der Waals surface area contributed by atoms with Crippen molar-refractivity contribution in [2.75, 3.05) is 6.61 Å². The molecule has 2 aromatic heterocycles. The fourth-order valence-corrected chi connectivity index (χ4v) is 2.34. The van der Waals surface area contributed by atoms with E-state index in [9.17, 15) is 14.7 Å². The van der Waals surface area contributed by atoms with Gasteiger partial charge in [-0.25, -0.2) is 9.36 Å². The minimum absolute atomic E-state index is 0.0877. The first-order valence-electron chi connectivity index (χ1n) is 7.84. The maximum absolute atomic E-state index is 12.1. The number of amides is 1. The van der Waals surface area contributed by atoms with Crippen LogP contribution in [0.1, 0.15) is 25.2 Å². The van der Waals surface area contributed by atoms with E-state index >= 15 is 0 Å². The molecule has 0 saturated carbocycles. The van der Waals surface area contributed by atoms with Crippen LogP contribution < -0.4 is 10.9 Å². The first-order valence-corrected chi connectivity index (χ1v) is 7.84. The van der Waals surface area contributed by atoms with Crippen LogP contribution in [0, 0.1) is 19.8 Å². The second-order valence-corrected chi connectivity index (χ2v) is 6.13. The van der Waals surface area contributed by atoms with Crippen molar-refractivity contribution in [3.8, 4) is 5.82 Å². The second kappa shape index (κ2) is 7.39. The van der Waals surface area contributed by atoms with Crippen molar-refractivity contribution in [1.29, 1.82) is 0 Å². The lowest BCUT2D eigenvalue weighted by Crippen LogP contribution is -2.44. The molecule has 0 radical (unpaired) electrons. The SMILES string of the molecule is Cc1cc(C)n(-c2ccc(=O)n(CC(=O)N[C@@H](CO)C(C)C)n2)n1. The van der Waals surface area contributed by atoms with Gasteiger partial charge >= 0.3 is 0 Å². The molecule has 2 aromatic rings. The number of aryl methyl sites for hydroxylation is 2. The van der Waals surface area contributed by atoms with Crippen LogP contribution in [0.3, 0.4) is 0 Å². The topological polar surface area (TPSA) is 102 Å². The molecule has 0 unspecified atom stereocenters. The maximum Gasteiger partial charge on any atom is 0.267 e. The predicted molar refractivity (Wildman–Crippen MR) is 88.9 cm³/mol. The first kappa shape index (κ1) is 17.9. The molecule has 8 nitrogen and oxygen atoms in total. The molecule has 8 heteroatoms. The van der Waals surface area contributed by atoms with E-state index in [0.717, 1.165) is 16.1 Å². The van der Waals surface area contributed by atoms with Crippen molar-refractivity contribution < 1.29 is 9.90 Å². The van der Waals surface area contributed by atoms with Gasteiger partial charge in [-0.2, -0.15) is 5.10 Å². The number of nitrogens with zero attached hydrogens (tertiary/aromatic N) is 4. The lowest BCUT2D eigenvalue weighted by Gasteiger charge is -2.20. The molecule has 0 aliphatic carbocycles. The van der Waals surface area contributed by atoms with Gasteiger partial charge in [0.2, 0.25) is 5.91 Å². The standard InChI is InChI=1S/C16H23N5O3/c1-10(2)13(9-22)17-15(23)8-20-16(24)6-5-14(19-20)21-12(4)7-11(3)18-21/h5-7,10,13,22H,8-9H2,1-4H3,(H,17,23)/t13-/m0/s1. The summed E-state index contributed by atoms with van der Waals surface area (Å²) in [7, 11) is 0. The Kier molecular flexibility index (Phi) is 5.50. The van der Waals surface area contributed by atoms with Gasteiger partial charge in [0.05, 0.1) is 18.3 Å². The predicted octanol–water partition coefficient (Wildman–Crippen LogP) is 0.179. The summed E-state index contributed by atoms with van der Waals surface area (Å²) in [5.74, 6) is 0.183. The van der Waals surface area contributed by atoms with E-state index in [1.807, 2.05) is 33.8 Å². The Morgan fingerprint density at radius 1 is 1.29 bits per heavy atom. The summed E-state index contributed by atoms with van der Waals surface area (Å²) in [5, 5.41) is 20.5. The third kappa shape index (κ3) is 4.08. The normalized spacial score (nSPS) is 12.4. The Labute approximate surface area is 140 Å². The summed E-state index contributed by atoms with van der Waals surface area (Å²) in [5.41, 5.74) is 1.35. The Bertz CT molecular complexity index is 778. The van der Waals surface area contributed by atoms with Crippen molar-refractivity contribution >= 4 is 5.91 Å². The molecule has 24 heavy (non-hydrogen) atoms. The fraction of sp³-hybridized carbons (Fsp3) is 0.500. The number of hydrogen-bond donors (Lipinski definition) is 2. The molecule has 0 fully saturated rings. The molecule has 0 bridgehead atoms. The molecule has 2 N–H and O–H groups in total. The minimum atomic E-state index is -0.375. The number of aliphatic hydroxyl groups excluding tert-OH is 1. The monoisotopic (exact) mass is 333 g/mol. The summed E-state index contributed by atoms with van der Waals surface area (Å²) in [4.78, 5) is 24.1. The highest BCUT2D eigenvalue weighted by Crippen LogP contribution is 2.07. The van der Waals surface area contributed by atoms with Gasteiger partial charge in [-0.05, 0) is 31.9 Å². The highest BCUT2D eigenvalue weighted by atomic mass is 16.3. The number of carbonyl (C=O) groups excluding carboxylic acids is 1. The van der Waals surface area contributed by atoms with Gasteiger partial charge in [-0.1, -0.05) is 13.8 Å². The summed E-state index contributed by atoms with van der Waals surface area (Å²) in [6, 6.07) is 4.48. The van der Waals surface area contributed by atoms with Gasteiger partial charge in [-0.3, -0.25) is 9.59 Å². The summed E-state index contributed by atoms with van der Waals surface area (Å²) in [6.07, 6.45) is 0. The molecule has 1 amide bonds. The van der Waals surface area contributed by atoms with Crippen LogP contribution in [0.5, 0.6) is 0 Å². The Hall–Kier alpha value is -2.48. The zero-order valence-electron chi connectivity index (χ0n) is 14.4. The highest BCUT2D eigenvalue weighted by molar-refractivity contribution is 5.76. The number of hydrogen-bond acceptors (Lipinski definition) is 5. The van der Waals surface area contributed by atoms with Crippen LogP contribution in [0.2, 0.25) is 0 Å². The molecule has 1 atom stereocenters. The fourth-order valence-electron chi connectivity index (χ4n) is 2.34. The molecule has 0 aliphatic heterocycles. The number of rotatable bonds is 6. The molecule has 0 aromatic carbocycles. The van der Waals surface area contributed by atoms with Crippen LogP contribution in [0.25, 0.3) is 5.82 Å². The summed E-state index contributed by atoms with van der Waals surface area (Å²) < 4.78 is 2.71. The van der Waals surface area contributed by atoms with E-state index < -0.39 is 0 Å². The third-order valence-electron chi connectivity index (χ3n) is 3.72. The molecular formula is C16H23N5O3. The number of nitrogens with one attached hydrogen (secondary N) is 1. The van der Waals surface area contributed by atoms with Crippen LogP contribution >= 0.6 is 0 Å². The van der Waals surface area contributed by atoms with E-state index in [2.05, 4.69) is 15.5 Å². The van der Waals surface area contributed by atoms with Crippen molar-refractivity contribution in [2.45, 2.75) is 40.3 Å². The molecule has 130 valence electrons. The van der Waals surface area contributed by atoms with E-state index in [1.165, 1.54) is 6.07 Å². The van der Waals surface area contributed by atoms with Crippen molar-refractivity contribution in [2.24, 2.45) is 5.92 Å². The van der Waals surface area contributed by atoms with E-state index in [4.69, 9.17) is 0 Å². The van der Waals surface area contributed by atoms with E-state index in [0.29, 0.717) is 5.82 Å². The molecule has 0 saturated heterocycles. The number of aromatic nitrogens is 4. The van der Waals surface area contributed by atoms with Gasteiger partial charge in [-0.15, -0.1) is 5.10 Å². The van der Waals surface area contributed by atoms with Crippen molar-refractivity contribution in [3.63, 3.8) is 0 Å². The van der Waals surface area contributed by atoms with E-state index in [1.54, 1.807) is 10.7 Å². The smallest absolute Gasteiger partial charge is 0.267 e. The quantitative estimate of drug-likeness (QED) is 0.785. The lowest BCUT2D eigenvalue weighted by atomic mass is 10.1. The Balaban J connectivity index is 2.22. The average molecular weight is 333 g/mol. The molecule has 2 heterocycles. The van der Waals surface area contributed by atoms with Crippen LogP contribution in [-0.4, -0.2) is 43.2 Å². The second-order valence-electron chi connectivity index (χ2n) is 6.13. The van der Waals surface area contributed by atoms with Gasteiger partial charge in [0, 0.05) is 11.8 Å². The van der Waals surface area contributed by atoms with Gasteiger partial charge < -0.3 is 10.4 Å². The average Bonchev–Trinajstić information content (AvgIpc) is 2.85. The first-order chi connectivity index (χ1) is 11.3. The Morgan fingerprint density at radius 2 is 2.00 bits per heavy atom. The van der Waals surface area contributed by atoms with Crippen molar-refractivity contribution in [3.05, 3.63) is 39.9 Å². The lowest BCUT2D eigenvalue weighted by molar-refractivity contribution is -0.123. The van der Waals surface area contributed by atoms with Gasteiger partial charge in [0.1, 0.15) is 6.54 Å². The van der Waals surface area contributed by atoms with Crippen LogP contribution in [0.4, 0.5) is 0 Å². The van der Waals surface area contributed by atoms with E-state index in [-0.39, 0.29) is 36.6 Å². The van der Waals surface area contributed by atoms with Gasteiger partial charge in [0.15, 0.2) is 5.82 Å². The highest BCUT2D eigenvalue weighted by Gasteiger charge is 2.16. The summed E-state index contributed by atoms with van der Waals surface area (Å²) >= 11 is 0. The molecule has 0 aliphatic rings. The largest absolute Gasteiger partial charge is 0.394 e. The minimum Gasteiger partial charge on any atom is -0.394 e. The maximum atomic E-state index is 12.1. The summed E-state index contributed by atoms with van der Waals surface area (Å²) in [6.45, 7) is 7.18.